The molecule has 3 aromatic rings. The molecule has 0 bridgehead atoms. The van der Waals surface area contributed by atoms with Crippen LogP contribution in [0.5, 0.6) is 0 Å². The Labute approximate surface area is 142 Å². The molecule has 1 N–H and O–H groups in total. The van der Waals surface area contributed by atoms with Crippen molar-refractivity contribution in [3.63, 3.8) is 0 Å². The quantitative estimate of drug-likeness (QED) is 0.720. The third kappa shape index (κ3) is 4.02. The molecule has 0 spiro atoms. The molecule has 120 valence electrons. The first-order valence-electron chi connectivity index (χ1n) is 7.94. The van der Waals surface area contributed by atoms with E-state index in [1.165, 1.54) is 0 Å². The predicted octanol–water partition coefficient (Wildman–Crippen LogP) is 5.02. The molecule has 0 aliphatic heterocycles. The molecule has 0 aliphatic carbocycles. The van der Waals surface area contributed by atoms with Gasteiger partial charge < -0.3 is 10.2 Å². The fourth-order valence-corrected chi connectivity index (χ4v) is 2.52. The molecule has 3 rings (SSSR count). The van der Waals surface area contributed by atoms with Gasteiger partial charge in [0.25, 0.3) is 0 Å². The second kappa shape index (κ2) is 7.47. The standard InChI is InChI=1S/C21H20N2O/c1-23(16-17-8-4-2-5-9-17)21(24)22-20-14-12-19(13-15-20)18-10-6-3-7-11-18/h2-15H,16H2,1H3,(H,22,24). The molecule has 0 saturated carbocycles. The van der Waals surface area contributed by atoms with Crippen LogP contribution in [-0.4, -0.2) is 18.0 Å². The lowest BCUT2D eigenvalue weighted by Gasteiger charge is -2.18. The number of hydrogen-bond donors (Lipinski definition) is 1. The predicted molar refractivity (Wildman–Crippen MR) is 98.8 cm³/mol. The van der Waals surface area contributed by atoms with Crippen LogP contribution in [0.25, 0.3) is 11.1 Å². The highest BCUT2D eigenvalue weighted by Crippen LogP contribution is 2.21. The average Bonchev–Trinajstić information content (AvgIpc) is 2.64. The van der Waals surface area contributed by atoms with E-state index in [0.29, 0.717) is 6.54 Å². The van der Waals surface area contributed by atoms with Crippen LogP contribution in [0, 0.1) is 0 Å². The van der Waals surface area contributed by atoms with Gasteiger partial charge in [-0.1, -0.05) is 72.8 Å². The van der Waals surface area contributed by atoms with Crippen LogP contribution in [-0.2, 0) is 6.54 Å². The Kier molecular flexibility index (Phi) is 4.92. The van der Waals surface area contributed by atoms with Crippen LogP contribution in [0.15, 0.2) is 84.9 Å². The normalized spacial score (nSPS) is 10.2. The molecule has 0 radical (unpaired) electrons. The van der Waals surface area contributed by atoms with E-state index in [0.717, 1.165) is 22.4 Å². The minimum Gasteiger partial charge on any atom is -0.323 e. The summed E-state index contributed by atoms with van der Waals surface area (Å²) in [5.41, 5.74) is 4.19. The van der Waals surface area contributed by atoms with Crippen LogP contribution in [0.1, 0.15) is 5.56 Å². The topological polar surface area (TPSA) is 32.3 Å². The molecular weight excluding hydrogens is 296 g/mol. The van der Waals surface area contributed by atoms with Gasteiger partial charge in [-0.25, -0.2) is 4.79 Å². The molecular formula is C21H20N2O. The number of amides is 2. The summed E-state index contributed by atoms with van der Waals surface area (Å²) in [6, 6.07) is 27.9. The van der Waals surface area contributed by atoms with Crippen molar-refractivity contribution >= 4 is 11.7 Å². The number of anilines is 1. The minimum absolute atomic E-state index is 0.119. The van der Waals surface area contributed by atoms with Gasteiger partial charge in [0.1, 0.15) is 0 Å². The van der Waals surface area contributed by atoms with Gasteiger partial charge in [-0.05, 0) is 28.8 Å². The fourth-order valence-electron chi connectivity index (χ4n) is 2.52. The number of urea groups is 1. The number of nitrogens with zero attached hydrogens (tertiary/aromatic N) is 1. The van der Waals surface area contributed by atoms with Crippen molar-refractivity contribution in [3.05, 3.63) is 90.5 Å². The van der Waals surface area contributed by atoms with Gasteiger partial charge in [-0.2, -0.15) is 0 Å². The molecule has 24 heavy (non-hydrogen) atoms. The van der Waals surface area contributed by atoms with Gasteiger partial charge in [-0.3, -0.25) is 0 Å². The zero-order chi connectivity index (χ0) is 16.8. The number of hydrogen-bond acceptors (Lipinski definition) is 1. The zero-order valence-corrected chi connectivity index (χ0v) is 13.6. The molecule has 0 unspecified atom stereocenters. The first kappa shape index (κ1) is 15.8. The van der Waals surface area contributed by atoms with E-state index in [-0.39, 0.29) is 6.03 Å². The second-order valence-electron chi connectivity index (χ2n) is 5.72. The smallest absolute Gasteiger partial charge is 0.321 e. The van der Waals surface area contributed by atoms with Gasteiger partial charge in [0, 0.05) is 19.3 Å². The maximum Gasteiger partial charge on any atom is 0.321 e. The Morgan fingerprint density at radius 1 is 0.792 bits per heavy atom. The molecule has 3 aromatic carbocycles. The largest absolute Gasteiger partial charge is 0.323 e. The van der Waals surface area contributed by atoms with Gasteiger partial charge in [0.05, 0.1) is 0 Å². The summed E-state index contributed by atoms with van der Waals surface area (Å²) in [4.78, 5) is 14.0. The number of carbonyl (C=O) groups excluding carboxylic acids is 1. The van der Waals surface area contributed by atoms with Crippen molar-refractivity contribution in [1.29, 1.82) is 0 Å². The lowest BCUT2D eigenvalue weighted by molar-refractivity contribution is 0.220. The van der Waals surface area contributed by atoms with Crippen LogP contribution >= 0.6 is 0 Å². The SMILES string of the molecule is CN(Cc1ccccc1)C(=O)Nc1ccc(-c2ccccc2)cc1. The zero-order valence-electron chi connectivity index (χ0n) is 13.6. The summed E-state index contributed by atoms with van der Waals surface area (Å²) in [6.45, 7) is 0.578. The third-order valence-electron chi connectivity index (χ3n) is 3.85. The molecule has 3 heteroatoms. The van der Waals surface area contributed by atoms with Crippen LogP contribution in [0.3, 0.4) is 0 Å². The molecule has 0 atom stereocenters. The van der Waals surface area contributed by atoms with Gasteiger partial charge in [0.15, 0.2) is 0 Å². The lowest BCUT2D eigenvalue weighted by Crippen LogP contribution is -2.30. The van der Waals surface area contributed by atoms with Crippen molar-refractivity contribution in [2.45, 2.75) is 6.54 Å². The van der Waals surface area contributed by atoms with Crippen LogP contribution in [0.4, 0.5) is 10.5 Å². The number of nitrogens with one attached hydrogen (secondary N) is 1. The Morgan fingerprint density at radius 3 is 1.96 bits per heavy atom. The summed E-state index contributed by atoms with van der Waals surface area (Å²) in [7, 11) is 1.79. The summed E-state index contributed by atoms with van der Waals surface area (Å²) in [5.74, 6) is 0. The third-order valence-corrected chi connectivity index (χ3v) is 3.85. The fraction of sp³-hybridized carbons (Fsp3) is 0.0952. The van der Waals surface area contributed by atoms with Gasteiger partial charge in [-0.15, -0.1) is 0 Å². The summed E-state index contributed by atoms with van der Waals surface area (Å²) in [6.07, 6.45) is 0. The summed E-state index contributed by atoms with van der Waals surface area (Å²) in [5, 5.41) is 2.93. The van der Waals surface area contributed by atoms with E-state index in [1.807, 2.05) is 72.8 Å². The number of carbonyl (C=O) groups is 1. The van der Waals surface area contributed by atoms with Crippen molar-refractivity contribution in [2.24, 2.45) is 0 Å². The summed E-state index contributed by atoms with van der Waals surface area (Å²) < 4.78 is 0. The van der Waals surface area contributed by atoms with Crippen molar-refractivity contribution in [2.75, 3.05) is 12.4 Å². The first-order valence-corrected chi connectivity index (χ1v) is 7.94. The average molecular weight is 316 g/mol. The Morgan fingerprint density at radius 2 is 1.33 bits per heavy atom. The highest BCUT2D eigenvalue weighted by atomic mass is 16.2. The molecule has 0 saturated heterocycles. The van der Waals surface area contributed by atoms with E-state index in [4.69, 9.17) is 0 Å². The van der Waals surface area contributed by atoms with Crippen LogP contribution in [0.2, 0.25) is 0 Å². The second-order valence-corrected chi connectivity index (χ2v) is 5.72. The number of rotatable bonds is 4. The Hall–Kier alpha value is -3.07. The first-order chi connectivity index (χ1) is 11.7. The van der Waals surface area contributed by atoms with E-state index < -0.39 is 0 Å². The van der Waals surface area contributed by atoms with Crippen molar-refractivity contribution in [3.8, 4) is 11.1 Å². The van der Waals surface area contributed by atoms with Crippen LogP contribution < -0.4 is 5.32 Å². The number of benzene rings is 3. The molecule has 0 fully saturated rings. The molecule has 0 heterocycles. The van der Waals surface area contributed by atoms with Crippen molar-refractivity contribution < 1.29 is 4.79 Å². The highest BCUT2D eigenvalue weighted by molar-refractivity contribution is 5.89. The molecule has 0 aliphatic rings. The van der Waals surface area contributed by atoms with E-state index >= 15 is 0 Å². The van der Waals surface area contributed by atoms with E-state index in [1.54, 1.807) is 11.9 Å². The minimum atomic E-state index is -0.119. The maximum absolute atomic E-state index is 12.3. The molecule has 0 aromatic heterocycles. The van der Waals surface area contributed by atoms with Gasteiger partial charge >= 0.3 is 6.03 Å². The van der Waals surface area contributed by atoms with Gasteiger partial charge in [0.2, 0.25) is 0 Å². The van der Waals surface area contributed by atoms with E-state index in [9.17, 15) is 4.79 Å². The molecule has 3 nitrogen and oxygen atoms in total. The monoisotopic (exact) mass is 316 g/mol. The van der Waals surface area contributed by atoms with E-state index in [2.05, 4.69) is 17.4 Å². The Balaban J connectivity index is 1.62. The summed E-state index contributed by atoms with van der Waals surface area (Å²) >= 11 is 0. The lowest BCUT2D eigenvalue weighted by atomic mass is 10.1. The molecule has 2 amide bonds. The van der Waals surface area contributed by atoms with Crippen molar-refractivity contribution in [1.82, 2.24) is 4.90 Å². The Bertz CT molecular complexity index is 783. The maximum atomic E-state index is 12.3. The highest BCUT2D eigenvalue weighted by Gasteiger charge is 2.09.